The summed E-state index contributed by atoms with van der Waals surface area (Å²) in [6, 6.07) is 0. The van der Waals surface area contributed by atoms with Crippen molar-refractivity contribution >= 4 is 0 Å². The molecule has 3 atom stereocenters. The lowest BCUT2D eigenvalue weighted by Crippen LogP contribution is -2.48. The molecule has 0 heterocycles. The van der Waals surface area contributed by atoms with Gasteiger partial charge in [0.25, 0.3) is 0 Å². The number of unbranched alkanes of at least 4 members (excludes halogenated alkanes) is 3. The van der Waals surface area contributed by atoms with Crippen molar-refractivity contribution in [2.75, 3.05) is 39.6 Å². The average molecular weight is 452 g/mol. The molecule has 0 spiro atoms. The molecule has 0 bridgehead atoms. The van der Waals surface area contributed by atoms with Crippen LogP contribution in [0.3, 0.4) is 0 Å². The van der Waals surface area contributed by atoms with E-state index in [1.54, 1.807) is 0 Å². The predicted molar refractivity (Wildman–Crippen MR) is 119 cm³/mol. The van der Waals surface area contributed by atoms with Gasteiger partial charge in [0.05, 0.1) is 38.1 Å². The quantitative estimate of drug-likeness (QED) is 0.130. The Labute approximate surface area is 187 Å². The summed E-state index contributed by atoms with van der Waals surface area (Å²) in [7, 11) is 0. The Morgan fingerprint density at radius 3 is 1.23 bits per heavy atom. The predicted octanol–water partition coefficient (Wildman–Crippen LogP) is 2.71. The zero-order valence-corrected chi connectivity index (χ0v) is 19.7. The zero-order chi connectivity index (χ0) is 23.5. The van der Waals surface area contributed by atoms with E-state index in [-0.39, 0.29) is 39.1 Å². The molecule has 3 N–H and O–H groups in total. The van der Waals surface area contributed by atoms with Gasteiger partial charge in [-0.3, -0.25) is 10.1 Å². The molecule has 0 amide bonds. The number of rotatable bonds is 22. The summed E-state index contributed by atoms with van der Waals surface area (Å²) in [5.74, 6) is 0. The third-order valence-electron chi connectivity index (χ3n) is 5.09. The van der Waals surface area contributed by atoms with Gasteiger partial charge in [0.15, 0.2) is 0 Å². The first-order valence-corrected chi connectivity index (χ1v) is 11.7. The molecule has 9 heteroatoms. The number of nitro groups is 1. The number of hydrogen-bond donors (Lipinski definition) is 3. The Kier molecular flexibility index (Phi) is 18.2. The monoisotopic (exact) mass is 451 g/mol. The molecule has 0 aromatic rings. The molecule has 0 aliphatic carbocycles. The fourth-order valence-corrected chi connectivity index (χ4v) is 3.36. The Bertz CT molecular complexity index is 387. The summed E-state index contributed by atoms with van der Waals surface area (Å²) in [6.07, 6.45) is 1.43. The van der Waals surface area contributed by atoms with E-state index in [9.17, 15) is 25.4 Å². The molecule has 0 radical (unpaired) electrons. The van der Waals surface area contributed by atoms with Gasteiger partial charge in [-0.2, -0.15) is 0 Å². The largest absolute Gasteiger partial charge is 0.390 e. The molecule has 9 nitrogen and oxygen atoms in total. The zero-order valence-electron chi connectivity index (χ0n) is 19.7. The van der Waals surface area contributed by atoms with Gasteiger partial charge in [-0.25, -0.2) is 0 Å². The standard InChI is InChI=1S/C22H45NO8/c1-4-7-10-29-16-19(24)13-22(23(27)28,14-20(25)17-30-11-8-5-2)15-21(26)18-31-12-9-6-3/h19-21,24-26H,4-18H2,1-3H3. The number of aliphatic hydroxyl groups is 3. The summed E-state index contributed by atoms with van der Waals surface area (Å²) in [5, 5.41) is 43.3. The van der Waals surface area contributed by atoms with E-state index in [0.29, 0.717) is 19.8 Å². The van der Waals surface area contributed by atoms with Crippen LogP contribution >= 0.6 is 0 Å². The lowest BCUT2D eigenvalue weighted by Gasteiger charge is -2.31. The maximum atomic E-state index is 12.1. The van der Waals surface area contributed by atoms with Gasteiger partial charge < -0.3 is 29.5 Å². The Hall–Kier alpha value is -0.840. The first-order valence-electron chi connectivity index (χ1n) is 11.7. The molecule has 3 unspecified atom stereocenters. The number of nitrogens with zero attached hydrogens (tertiary/aromatic N) is 1. The SMILES string of the molecule is CCCCOCC(O)CC(CC(O)COCCCC)(CC(O)COCCCC)[N+](=O)[O-]. The molecule has 0 aromatic heterocycles. The van der Waals surface area contributed by atoms with E-state index >= 15 is 0 Å². The summed E-state index contributed by atoms with van der Waals surface area (Å²) in [4.78, 5) is 11.6. The van der Waals surface area contributed by atoms with Gasteiger partial charge in [-0.05, 0) is 19.3 Å². The van der Waals surface area contributed by atoms with Crippen molar-refractivity contribution in [3.8, 4) is 0 Å². The summed E-state index contributed by atoms with van der Waals surface area (Å²) >= 11 is 0. The second-order valence-corrected chi connectivity index (χ2v) is 8.34. The molecule has 0 aliphatic rings. The highest BCUT2D eigenvalue weighted by Crippen LogP contribution is 2.30. The van der Waals surface area contributed by atoms with Crippen LogP contribution < -0.4 is 0 Å². The van der Waals surface area contributed by atoms with Crippen molar-refractivity contribution in [3.05, 3.63) is 10.1 Å². The Morgan fingerprint density at radius 1 is 0.710 bits per heavy atom. The van der Waals surface area contributed by atoms with E-state index in [4.69, 9.17) is 14.2 Å². The van der Waals surface area contributed by atoms with E-state index in [1.807, 2.05) is 20.8 Å². The Morgan fingerprint density at radius 2 is 1.00 bits per heavy atom. The van der Waals surface area contributed by atoms with Crippen molar-refractivity contribution in [3.63, 3.8) is 0 Å². The van der Waals surface area contributed by atoms with Gasteiger partial charge in [-0.1, -0.05) is 40.0 Å². The Balaban J connectivity index is 5.10. The van der Waals surface area contributed by atoms with Crippen molar-refractivity contribution in [2.24, 2.45) is 0 Å². The number of aliphatic hydroxyl groups excluding tert-OH is 3. The number of hydrogen-bond acceptors (Lipinski definition) is 8. The maximum absolute atomic E-state index is 12.1. The van der Waals surface area contributed by atoms with Crippen LogP contribution in [0.25, 0.3) is 0 Å². The van der Waals surface area contributed by atoms with Crippen LogP contribution in [-0.4, -0.2) is 83.7 Å². The van der Waals surface area contributed by atoms with Crippen molar-refractivity contribution in [1.29, 1.82) is 0 Å². The van der Waals surface area contributed by atoms with Crippen LogP contribution in [0.15, 0.2) is 0 Å². The highest BCUT2D eigenvalue weighted by atomic mass is 16.6. The van der Waals surface area contributed by atoms with E-state index in [1.165, 1.54) is 0 Å². The molecule has 0 rings (SSSR count). The highest BCUT2D eigenvalue weighted by molar-refractivity contribution is 4.88. The van der Waals surface area contributed by atoms with Gasteiger partial charge >= 0.3 is 0 Å². The molecule has 0 fully saturated rings. The normalized spacial score (nSPS) is 16.6. The molecule has 186 valence electrons. The van der Waals surface area contributed by atoms with Gasteiger partial charge in [0.2, 0.25) is 5.54 Å². The second kappa shape index (κ2) is 18.7. The van der Waals surface area contributed by atoms with Crippen molar-refractivity contribution in [1.82, 2.24) is 0 Å². The fraction of sp³-hybridized carbons (Fsp3) is 1.00. The number of ether oxygens (including phenoxy) is 3. The van der Waals surface area contributed by atoms with Crippen LogP contribution in [0.5, 0.6) is 0 Å². The van der Waals surface area contributed by atoms with Crippen LogP contribution in [-0.2, 0) is 14.2 Å². The van der Waals surface area contributed by atoms with Crippen LogP contribution in [0.4, 0.5) is 0 Å². The maximum Gasteiger partial charge on any atom is 0.229 e. The van der Waals surface area contributed by atoms with Gasteiger partial charge in [0.1, 0.15) is 0 Å². The fourth-order valence-electron chi connectivity index (χ4n) is 3.36. The van der Waals surface area contributed by atoms with Crippen molar-refractivity contribution < 1.29 is 34.5 Å². The van der Waals surface area contributed by atoms with E-state index in [0.717, 1.165) is 38.5 Å². The average Bonchev–Trinajstić information content (AvgIpc) is 2.71. The molecule has 0 aliphatic heterocycles. The van der Waals surface area contributed by atoms with E-state index < -0.39 is 28.8 Å². The smallest absolute Gasteiger partial charge is 0.229 e. The summed E-state index contributed by atoms with van der Waals surface area (Å²) < 4.78 is 16.2. The molecule has 31 heavy (non-hydrogen) atoms. The highest BCUT2D eigenvalue weighted by Gasteiger charge is 2.47. The van der Waals surface area contributed by atoms with Crippen LogP contribution in [0.2, 0.25) is 0 Å². The van der Waals surface area contributed by atoms with Crippen molar-refractivity contribution in [2.45, 2.75) is 102 Å². The minimum absolute atomic E-state index is 0.0260. The molecule has 0 saturated heterocycles. The van der Waals surface area contributed by atoms with Crippen LogP contribution in [0, 0.1) is 10.1 Å². The lowest BCUT2D eigenvalue weighted by molar-refractivity contribution is -0.579. The topological polar surface area (TPSA) is 132 Å². The van der Waals surface area contributed by atoms with Gasteiger partial charge in [0, 0.05) is 44.0 Å². The van der Waals surface area contributed by atoms with Gasteiger partial charge in [-0.15, -0.1) is 0 Å². The minimum Gasteiger partial charge on any atom is -0.390 e. The minimum atomic E-state index is -1.71. The first-order chi connectivity index (χ1) is 14.8. The third-order valence-corrected chi connectivity index (χ3v) is 5.09. The molecular formula is C22H45NO8. The third kappa shape index (κ3) is 14.8. The molecule has 0 saturated carbocycles. The van der Waals surface area contributed by atoms with E-state index in [2.05, 4.69) is 0 Å². The summed E-state index contributed by atoms with van der Waals surface area (Å²) in [6.45, 7) is 7.40. The molecular weight excluding hydrogens is 406 g/mol. The summed E-state index contributed by atoms with van der Waals surface area (Å²) in [5.41, 5.74) is -1.71. The molecule has 0 aromatic carbocycles. The second-order valence-electron chi connectivity index (χ2n) is 8.34. The first kappa shape index (κ1) is 30.2. The van der Waals surface area contributed by atoms with Crippen LogP contribution in [0.1, 0.15) is 78.6 Å². The lowest BCUT2D eigenvalue weighted by atomic mass is 9.82.